The summed E-state index contributed by atoms with van der Waals surface area (Å²) in [5, 5.41) is 12.9. The molecule has 6 nitrogen and oxygen atoms in total. The number of nitrogens with one attached hydrogen (secondary N) is 1. The minimum atomic E-state index is -1.01. The van der Waals surface area contributed by atoms with Crippen molar-refractivity contribution < 1.29 is 24.2 Å². The molecule has 0 saturated heterocycles. The van der Waals surface area contributed by atoms with Crippen LogP contribution in [-0.2, 0) is 4.79 Å². The number of hydrogen-bond donors (Lipinski definition) is 2. The van der Waals surface area contributed by atoms with Crippen LogP contribution in [0.15, 0.2) is 48.5 Å². The number of carbonyl (C=O) groups excluding carboxylic acids is 1. The molecule has 2 N–H and O–H groups in total. The fraction of sp³-hybridized carbons (Fsp3) is 0.308. The molecule has 1 aliphatic carbocycles. The first-order valence-corrected chi connectivity index (χ1v) is 12.0. The second-order valence-electron chi connectivity index (χ2n) is 8.42. The van der Waals surface area contributed by atoms with Gasteiger partial charge in [-0.15, -0.1) is 11.3 Å². The summed E-state index contributed by atoms with van der Waals surface area (Å²) < 4.78 is 12.1. The van der Waals surface area contributed by atoms with Crippen LogP contribution in [0.5, 0.6) is 11.5 Å². The van der Waals surface area contributed by atoms with E-state index < -0.39 is 5.97 Å². The number of para-hydroxylation sites is 1. The van der Waals surface area contributed by atoms with Gasteiger partial charge in [-0.1, -0.05) is 42.5 Å². The quantitative estimate of drug-likeness (QED) is 0.474. The molecule has 2 heterocycles. The number of amides is 1. The molecule has 5 rings (SSSR count). The Bertz CT molecular complexity index is 1200. The van der Waals surface area contributed by atoms with E-state index in [1.807, 2.05) is 48.5 Å². The molecule has 3 aromatic rings. The number of carboxylic acids is 1. The summed E-state index contributed by atoms with van der Waals surface area (Å²) in [6, 6.07) is 15.1. The Balaban J connectivity index is 1.67. The number of thiophene rings is 1. The van der Waals surface area contributed by atoms with Crippen molar-refractivity contribution in [3.8, 4) is 22.6 Å². The molecule has 0 bridgehead atoms. The smallest absolute Gasteiger partial charge is 0.346 e. The van der Waals surface area contributed by atoms with Crippen molar-refractivity contribution >= 4 is 28.9 Å². The molecule has 0 spiro atoms. The number of ether oxygens (including phenoxy) is 2. The Hall–Kier alpha value is -3.32. The normalized spacial score (nSPS) is 18.0. The molecule has 0 radical (unpaired) electrons. The minimum absolute atomic E-state index is 0.120. The average molecular weight is 464 g/mol. The zero-order valence-corrected chi connectivity index (χ0v) is 19.1. The van der Waals surface area contributed by atoms with E-state index in [0.717, 1.165) is 41.7 Å². The molecule has 1 saturated carbocycles. The number of methoxy groups -OCH3 is 1. The number of aromatic carboxylic acids is 1. The molecule has 1 amide bonds. The molecule has 2 aromatic carbocycles. The summed E-state index contributed by atoms with van der Waals surface area (Å²) >= 11 is 1.22. The van der Waals surface area contributed by atoms with Crippen molar-refractivity contribution in [2.45, 2.75) is 44.1 Å². The van der Waals surface area contributed by atoms with E-state index in [-0.39, 0.29) is 29.2 Å². The van der Waals surface area contributed by atoms with Gasteiger partial charge in [0.2, 0.25) is 5.91 Å². The van der Waals surface area contributed by atoms with E-state index in [9.17, 15) is 14.7 Å². The zero-order valence-electron chi connectivity index (χ0n) is 18.3. The van der Waals surface area contributed by atoms with Crippen LogP contribution in [0.4, 0.5) is 5.69 Å². The molecule has 1 fully saturated rings. The Morgan fingerprint density at radius 3 is 2.55 bits per heavy atom. The molecule has 33 heavy (non-hydrogen) atoms. The fourth-order valence-corrected chi connectivity index (χ4v) is 6.07. The minimum Gasteiger partial charge on any atom is -0.493 e. The summed E-state index contributed by atoms with van der Waals surface area (Å²) in [5.41, 5.74) is 2.76. The van der Waals surface area contributed by atoms with Gasteiger partial charge in [0, 0.05) is 28.3 Å². The number of rotatable bonds is 6. The molecule has 1 atom stereocenters. The van der Waals surface area contributed by atoms with Crippen molar-refractivity contribution in [3.05, 3.63) is 63.8 Å². The SMILES string of the molecule is COc1cccc(C2CC(=O)Nc3c2sc(C(=O)O)c3-c2ccccc2)c1OC1CCCC1. The van der Waals surface area contributed by atoms with Crippen molar-refractivity contribution in [1.82, 2.24) is 0 Å². The first-order chi connectivity index (χ1) is 16.1. The highest BCUT2D eigenvalue weighted by Gasteiger charge is 2.36. The first-order valence-electron chi connectivity index (χ1n) is 11.2. The number of carbonyl (C=O) groups is 2. The largest absolute Gasteiger partial charge is 0.493 e. The molecule has 1 aliphatic heterocycles. The fourth-order valence-electron chi connectivity index (χ4n) is 4.84. The number of carboxylic acid groups (broad SMARTS) is 1. The van der Waals surface area contributed by atoms with Crippen molar-refractivity contribution in [3.63, 3.8) is 0 Å². The summed E-state index contributed by atoms with van der Waals surface area (Å²) in [4.78, 5) is 26.1. The predicted octanol–water partition coefficient (Wildman–Crippen LogP) is 5.92. The van der Waals surface area contributed by atoms with Crippen molar-refractivity contribution in [2.24, 2.45) is 0 Å². The van der Waals surface area contributed by atoms with Gasteiger partial charge in [-0.05, 0) is 37.3 Å². The molecule has 1 unspecified atom stereocenters. The number of hydrogen-bond acceptors (Lipinski definition) is 5. The van der Waals surface area contributed by atoms with E-state index in [1.165, 1.54) is 11.3 Å². The Labute approximate surface area is 196 Å². The monoisotopic (exact) mass is 463 g/mol. The number of anilines is 1. The number of benzene rings is 2. The van der Waals surface area contributed by atoms with Crippen LogP contribution in [0.3, 0.4) is 0 Å². The topological polar surface area (TPSA) is 84.9 Å². The van der Waals surface area contributed by atoms with Gasteiger partial charge < -0.3 is 19.9 Å². The second-order valence-corrected chi connectivity index (χ2v) is 9.48. The van der Waals surface area contributed by atoms with Gasteiger partial charge in [0.05, 0.1) is 18.9 Å². The standard InChI is InChI=1S/C26H25NO5S/c1-31-19-13-7-12-17(23(19)32-16-10-5-6-11-16)18-14-20(28)27-22-21(15-8-3-2-4-9-15)25(26(29)30)33-24(18)22/h2-4,7-9,12-13,16,18H,5-6,10-11,14H2,1H3,(H,27,28)(H,29,30). The van der Waals surface area contributed by atoms with Gasteiger partial charge in [-0.3, -0.25) is 4.79 Å². The highest BCUT2D eigenvalue weighted by atomic mass is 32.1. The van der Waals surface area contributed by atoms with Crippen LogP contribution in [0.25, 0.3) is 11.1 Å². The van der Waals surface area contributed by atoms with Gasteiger partial charge in [-0.2, -0.15) is 0 Å². The third-order valence-corrected chi connectivity index (χ3v) is 7.65. The highest BCUT2D eigenvalue weighted by molar-refractivity contribution is 7.15. The lowest BCUT2D eigenvalue weighted by Gasteiger charge is -2.27. The molecular weight excluding hydrogens is 438 g/mol. The van der Waals surface area contributed by atoms with Gasteiger partial charge >= 0.3 is 5.97 Å². The van der Waals surface area contributed by atoms with Gasteiger partial charge in [0.25, 0.3) is 0 Å². The molecule has 7 heteroatoms. The second kappa shape index (κ2) is 8.90. The Kier molecular flexibility index (Phi) is 5.81. The summed E-state index contributed by atoms with van der Waals surface area (Å²) in [5.74, 6) is -0.182. The van der Waals surface area contributed by atoms with Gasteiger partial charge in [0.1, 0.15) is 4.88 Å². The molecule has 1 aromatic heterocycles. The van der Waals surface area contributed by atoms with E-state index in [2.05, 4.69) is 5.32 Å². The summed E-state index contributed by atoms with van der Waals surface area (Å²) in [6.45, 7) is 0. The van der Waals surface area contributed by atoms with Gasteiger partial charge in [-0.25, -0.2) is 4.79 Å². The van der Waals surface area contributed by atoms with Crippen molar-refractivity contribution in [1.29, 1.82) is 0 Å². The summed E-state index contributed by atoms with van der Waals surface area (Å²) in [6.07, 6.45) is 4.60. The summed E-state index contributed by atoms with van der Waals surface area (Å²) in [7, 11) is 1.61. The van der Waals surface area contributed by atoms with E-state index in [4.69, 9.17) is 9.47 Å². The maximum absolute atomic E-state index is 12.9. The van der Waals surface area contributed by atoms with Crippen LogP contribution in [0, 0.1) is 0 Å². The third kappa shape index (κ3) is 3.97. The maximum atomic E-state index is 12.9. The van der Waals surface area contributed by atoms with Gasteiger partial charge in [0.15, 0.2) is 11.5 Å². The van der Waals surface area contributed by atoms with E-state index in [1.54, 1.807) is 7.11 Å². The van der Waals surface area contributed by atoms with Crippen LogP contribution < -0.4 is 14.8 Å². The predicted molar refractivity (Wildman–Crippen MR) is 128 cm³/mol. The molecule has 2 aliphatic rings. The maximum Gasteiger partial charge on any atom is 0.346 e. The van der Waals surface area contributed by atoms with Crippen molar-refractivity contribution in [2.75, 3.05) is 12.4 Å². The lowest BCUT2D eigenvalue weighted by atomic mass is 9.88. The highest BCUT2D eigenvalue weighted by Crippen LogP contribution is 2.52. The Morgan fingerprint density at radius 1 is 1.09 bits per heavy atom. The van der Waals surface area contributed by atoms with E-state index >= 15 is 0 Å². The average Bonchev–Trinajstić information content (AvgIpc) is 3.47. The van der Waals surface area contributed by atoms with Crippen LogP contribution in [-0.4, -0.2) is 30.2 Å². The first kappa shape index (κ1) is 21.5. The van der Waals surface area contributed by atoms with Crippen LogP contribution in [0.2, 0.25) is 0 Å². The van der Waals surface area contributed by atoms with E-state index in [0.29, 0.717) is 22.7 Å². The third-order valence-electron chi connectivity index (χ3n) is 6.35. The Morgan fingerprint density at radius 2 is 1.85 bits per heavy atom. The molecule has 170 valence electrons. The lowest BCUT2D eigenvalue weighted by Crippen LogP contribution is -2.23. The van der Waals surface area contributed by atoms with Crippen LogP contribution in [0.1, 0.15) is 58.1 Å². The van der Waals surface area contributed by atoms with Crippen LogP contribution >= 0.6 is 11.3 Å². The number of fused-ring (bicyclic) bond motifs is 1. The zero-order chi connectivity index (χ0) is 22.9. The molecular formula is C26H25NO5S. The lowest BCUT2D eigenvalue weighted by molar-refractivity contribution is -0.116.